The van der Waals surface area contributed by atoms with Crippen molar-refractivity contribution in [1.82, 2.24) is 9.80 Å². The highest BCUT2D eigenvalue weighted by molar-refractivity contribution is 5.77. The summed E-state index contributed by atoms with van der Waals surface area (Å²) < 4.78 is 5.19. The van der Waals surface area contributed by atoms with Gasteiger partial charge in [-0.3, -0.25) is 4.79 Å². The van der Waals surface area contributed by atoms with E-state index >= 15 is 0 Å². The number of carboxylic acid groups (broad SMARTS) is 1. The summed E-state index contributed by atoms with van der Waals surface area (Å²) in [4.78, 5) is 26.5. The highest BCUT2D eigenvalue weighted by Gasteiger charge is 2.39. The second-order valence-electron chi connectivity index (χ2n) is 6.36. The summed E-state index contributed by atoms with van der Waals surface area (Å²) in [5.41, 5.74) is 0.00360. The van der Waals surface area contributed by atoms with Gasteiger partial charge in [-0.1, -0.05) is 20.8 Å². The van der Waals surface area contributed by atoms with Gasteiger partial charge in [-0.15, -0.1) is 0 Å². The summed E-state index contributed by atoms with van der Waals surface area (Å²) in [6.07, 6.45) is 0. The minimum Gasteiger partial charge on any atom is -0.481 e. The van der Waals surface area contributed by atoms with Gasteiger partial charge in [0.25, 0.3) is 0 Å². The van der Waals surface area contributed by atoms with Crippen molar-refractivity contribution >= 4 is 12.0 Å². The molecule has 1 fully saturated rings. The second-order valence-corrected chi connectivity index (χ2v) is 6.36. The summed E-state index contributed by atoms with van der Waals surface area (Å²) in [6, 6.07) is -0.566. The average Bonchev–Trinajstić information content (AvgIpc) is 2.73. The minimum atomic E-state index is -0.916. The van der Waals surface area contributed by atoms with E-state index < -0.39 is 17.9 Å². The molecule has 0 aromatic carbocycles. The van der Waals surface area contributed by atoms with E-state index in [1.165, 1.54) is 4.90 Å². The number of amides is 2. The monoisotopic (exact) mass is 272 g/mol. The zero-order chi connectivity index (χ0) is 14.8. The third-order valence-electron chi connectivity index (χ3n) is 3.20. The number of ether oxygens (including phenoxy) is 1. The van der Waals surface area contributed by atoms with Gasteiger partial charge in [0.2, 0.25) is 0 Å². The van der Waals surface area contributed by atoms with Crippen molar-refractivity contribution in [3.8, 4) is 0 Å². The standard InChI is InChI=1S/C13H24N2O4/c1-13(2,3)8-14(4)12(18)15(5)10-7-19-6-9(10)11(16)17/h9-10H,6-8H2,1-5H3,(H,16,17). The molecule has 110 valence electrons. The molecule has 1 N–H and O–H groups in total. The van der Waals surface area contributed by atoms with Gasteiger partial charge < -0.3 is 19.6 Å². The molecule has 0 spiro atoms. The fraction of sp³-hybridized carbons (Fsp3) is 0.846. The lowest BCUT2D eigenvalue weighted by molar-refractivity contribution is -0.142. The number of urea groups is 1. The molecule has 6 nitrogen and oxygen atoms in total. The van der Waals surface area contributed by atoms with Gasteiger partial charge in [-0.05, 0) is 5.41 Å². The van der Waals surface area contributed by atoms with Gasteiger partial charge in [0, 0.05) is 20.6 Å². The molecule has 2 atom stereocenters. The molecule has 2 amide bonds. The summed E-state index contributed by atoms with van der Waals surface area (Å²) in [5.74, 6) is -1.56. The molecule has 19 heavy (non-hydrogen) atoms. The number of carbonyl (C=O) groups excluding carboxylic acids is 1. The Bertz CT molecular complexity index is 351. The Hall–Kier alpha value is -1.30. The maximum absolute atomic E-state index is 12.3. The highest BCUT2D eigenvalue weighted by Crippen LogP contribution is 2.21. The molecule has 1 aliphatic rings. The van der Waals surface area contributed by atoms with Crippen LogP contribution in [0.3, 0.4) is 0 Å². The van der Waals surface area contributed by atoms with E-state index in [1.807, 2.05) is 0 Å². The van der Waals surface area contributed by atoms with Gasteiger partial charge in [0.15, 0.2) is 0 Å². The van der Waals surface area contributed by atoms with Gasteiger partial charge in [0.05, 0.1) is 19.3 Å². The highest BCUT2D eigenvalue weighted by atomic mass is 16.5. The molecule has 1 aliphatic heterocycles. The van der Waals surface area contributed by atoms with E-state index in [9.17, 15) is 9.59 Å². The van der Waals surface area contributed by atoms with Crippen molar-refractivity contribution in [3.63, 3.8) is 0 Å². The average molecular weight is 272 g/mol. The van der Waals surface area contributed by atoms with E-state index in [0.29, 0.717) is 6.54 Å². The van der Waals surface area contributed by atoms with Crippen molar-refractivity contribution in [2.75, 3.05) is 33.9 Å². The Balaban J connectivity index is 2.68. The topological polar surface area (TPSA) is 70.1 Å². The molecule has 0 aromatic heterocycles. The quantitative estimate of drug-likeness (QED) is 0.835. The predicted octanol–water partition coefficient (Wildman–Crippen LogP) is 1.12. The lowest BCUT2D eigenvalue weighted by Gasteiger charge is -2.33. The largest absolute Gasteiger partial charge is 0.481 e. The molecule has 1 saturated heterocycles. The van der Waals surface area contributed by atoms with Crippen molar-refractivity contribution in [3.05, 3.63) is 0 Å². The maximum Gasteiger partial charge on any atom is 0.319 e. The fourth-order valence-electron chi connectivity index (χ4n) is 2.35. The number of hydrogen-bond donors (Lipinski definition) is 1. The van der Waals surface area contributed by atoms with Crippen LogP contribution in [-0.2, 0) is 9.53 Å². The number of likely N-dealkylation sites (N-methyl/N-ethyl adjacent to an activating group) is 1. The van der Waals surface area contributed by atoms with Crippen LogP contribution in [0.4, 0.5) is 4.79 Å². The van der Waals surface area contributed by atoms with E-state index in [2.05, 4.69) is 20.8 Å². The number of carbonyl (C=O) groups is 2. The Kier molecular flexibility index (Phi) is 4.79. The molecule has 0 bridgehead atoms. The molecule has 2 unspecified atom stereocenters. The van der Waals surface area contributed by atoms with Crippen molar-refractivity contribution < 1.29 is 19.4 Å². The smallest absolute Gasteiger partial charge is 0.319 e. The molecule has 1 heterocycles. The second kappa shape index (κ2) is 5.77. The van der Waals surface area contributed by atoms with E-state index in [0.717, 1.165) is 0 Å². The van der Waals surface area contributed by atoms with E-state index in [1.54, 1.807) is 19.0 Å². The number of rotatable bonds is 3. The summed E-state index contributed by atoms with van der Waals surface area (Å²) in [7, 11) is 3.37. The lowest BCUT2D eigenvalue weighted by atomic mass is 9.96. The molecular weight excluding hydrogens is 248 g/mol. The van der Waals surface area contributed by atoms with E-state index in [-0.39, 0.29) is 24.7 Å². The first kappa shape index (κ1) is 15.8. The van der Waals surface area contributed by atoms with Crippen LogP contribution in [0.1, 0.15) is 20.8 Å². The molecule has 1 rings (SSSR count). The normalized spacial score (nSPS) is 23.2. The molecular formula is C13H24N2O4. The first-order valence-electron chi connectivity index (χ1n) is 6.42. The van der Waals surface area contributed by atoms with Crippen LogP contribution in [0.25, 0.3) is 0 Å². The van der Waals surface area contributed by atoms with Gasteiger partial charge in [0.1, 0.15) is 5.92 Å². The first-order valence-corrected chi connectivity index (χ1v) is 6.42. The van der Waals surface area contributed by atoms with Crippen LogP contribution >= 0.6 is 0 Å². The summed E-state index contributed by atoms with van der Waals surface area (Å²) >= 11 is 0. The molecule has 0 aromatic rings. The molecule has 0 radical (unpaired) electrons. The summed E-state index contributed by atoms with van der Waals surface area (Å²) in [5, 5.41) is 9.11. The Labute approximate surface area is 114 Å². The predicted molar refractivity (Wildman–Crippen MR) is 71.0 cm³/mol. The number of aliphatic carboxylic acids is 1. The number of carboxylic acids is 1. The third-order valence-corrected chi connectivity index (χ3v) is 3.20. The van der Waals surface area contributed by atoms with Crippen LogP contribution in [0, 0.1) is 11.3 Å². The minimum absolute atomic E-state index is 0.00360. The van der Waals surface area contributed by atoms with Crippen molar-refractivity contribution in [2.45, 2.75) is 26.8 Å². The van der Waals surface area contributed by atoms with Crippen LogP contribution < -0.4 is 0 Å². The van der Waals surface area contributed by atoms with Crippen molar-refractivity contribution in [2.24, 2.45) is 11.3 Å². The van der Waals surface area contributed by atoms with Crippen molar-refractivity contribution in [1.29, 1.82) is 0 Å². The molecule has 0 saturated carbocycles. The van der Waals surface area contributed by atoms with Crippen LogP contribution in [0.5, 0.6) is 0 Å². The Morgan fingerprint density at radius 1 is 1.26 bits per heavy atom. The zero-order valence-corrected chi connectivity index (χ0v) is 12.3. The number of nitrogens with zero attached hydrogens (tertiary/aromatic N) is 2. The van der Waals surface area contributed by atoms with Crippen LogP contribution in [0.2, 0.25) is 0 Å². The lowest BCUT2D eigenvalue weighted by Crippen LogP contribution is -2.50. The van der Waals surface area contributed by atoms with Gasteiger partial charge >= 0.3 is 12.0 Å². The first-order chi connectivity index (χ1) is 8.63. The third kappa shape index (κ3) is 4.09. The van der Waals surface area contributed by atoms with Gasteiger partial charge in [-0.2, -0.15) is 0 Å². The molecule has 0 aliphatic carbocycles. The Morgan fingerprint density at radius 3 is 2.32 bits per heavy atom. The Morgan fingerprint density at radius 2 is 1.84 bits per heavy atom. The molecule has 6 heteroatoms. The van der Waals surface area contributed by atoms with Gasteiger partial charge in [-0.25, -0.2) is 4.79 Å². The van der Waals surface area contributed by atoms with E-state index in [4.69, 9.17) is 9.84 Å². The number of hydrogen-bond acceptors (Lipinski definition) is 3. The fourth-order valence-corrected chi connectivity index (χ4v) is 2.35. The maximum atomic E-state index is 12.3. The SMILES string of the molecule is CN(CC(C)(C)C)C(=O)N(C)C1COCC1C(=O)O. The van der Waals surface area contributed by atoms with Crippen LogP contribution in [0.15, 0.2) is 0 Å². The summed E-state index contributed by atoms with van der Waals surface area (Å²) in [6.45, 7) is 7.21. The zero-order valence-electron chi connectivity index (χ0n) is 12.3. The van der Waals surface area contributed by atoms with Crippen LogP contribution in [-0.4, -0.2) is 66.8 Å².